The van der Waals surface area contributed by atoms with Crippen LogP contribution in [-0.2, 0) is 10.0 Å². The SMILES string of the molecule is O=C(c1ccsc1)N1CCN(CCNS(=O)(=O)c2cccc(Cl)c2)CC1. The fourth-order valence-electron chi connectivity index (χ4n) is 2.80. The van der Waals surface area contributed by atoms with Crippen molar-refractivity contribution in [1.29, 1.82) is 0 Å². The Balaban J connectivity index is 1.45. The number of carbonyl (C=O) groups is 1. The second-order valence-electron chi connectivity index (χ2n) is 6.00. The third-order valence-corrected chi connectivity index (χ3v) is 6.63. The molecule has 6 nitrogen and oxygen atoms in total. The Labute approximate surface area is 162 Å². The third-order valence-electron chi connectivity index (χ3n) is 4.25. The molecule has 3 rings (SSSR count). The number of hydrogen-bond donors (Lipinski definition) is 1. The molecule has 0 saturated carbocycles. The van der Waals surface area contributed by atoms with Gasteiger partial charge in [-0.3, -0.25) is 9.69 Å². The van der Waals surface area contributed by atoms with E-state index in [4.69, 9.17) is 11.6 Å². The predicted octanol–water partition coefficient (Wildman–Crippen LogP) is 2.14. The Morgan fingerprint density at radius 1 is 1.19 bits per heavy atom. The van der Waals surface area contributed by atoms with Crippen molar-refractivity contribution in [3.63, 3.8) is 0 Å². The Bertz CT molecular complexity index is 848. The van der Waals surface area contributed by atoms with E-state index in [2.05, 4.69) is 9.62 Å². The molecule has 1 aromatic heterocycles. The molecule has 9 heteroatoms. The number of hydrogen-bond acceptors (Lipinski definition) is 5. The summed E-state index contributed by atoms with van der Waals surface area (Å²) in [5, 5.41) is 4.15. The van der Waals surface area contributed by atoms with Crippen LogP contribution in [0.1, 0.15) is 10.4 Å². The van der Waals surface area contributed by atoms with E-state index in [1.54, 1.807) is 12.1 Å². The molecule has 1 N–H and O–H groups in total. The molecule has 0 bridgehead atoms. The fourth-order valence-corrected chi connectivity index (χ4v) is 4.75. The van der Waals surface area contributed by atoms with E-state index in [0.717, 1.165) is 18.7 Å². The van der Waals surface area contributed by atoms with E-state index in [1.165, 1.54) is 23.5 Å². The highest BCUT2D eigenvalue weighted by Crippen LogP contribution is 2.15. The number of piperazine rings is 1. The first-order chi connectivity index (χ1) is 12.5. The van der Waals surface area contributed by atoms with E-state index in [9.17, 15) is 13.2 Å². The largest absolute Gasteiger partial charge is 0.336 e. The number of halogens is 1. The molecule has 1 fully saturated rings. The van der Waals surface area contributed by atoms with E-state index < -0.39 is 10.0 Å². The molecule has 0 spiro atoms. The monoisotopic (exact) mass is 413 g/mol. The first kappa shape index (κ1) is 19.3. The Morgan fingerprint density at radius 2 is 1.96 bits per heavy atom. The van der Waals surface area contributed by atoms with Crippen LogP contribution in [0, 0.1) is 0 Å². The van der Waals surface area contributed by atoms with Crippen LogP contribution in [0.2, 0.25) is 5.02 Å². The van der Waals surface area contributed by atoms with Crippen LogP contribution in [0.3, 0.4) is 0 Å². The van der Waals surface area contributed by atoms with Crippen LogP contribution in [0.5, 0.6) is 0 Å². The van der Waals surface area contributed by atoms with Crippen molar-refractivity contribution in [1.82, 2.24) is 14.5 Å². The summed E-state index contributed by atoms with van der Waals surface area (Å²) >= 11 is 7.36. The molecular weight excluding hydrogens is 394 g/mol. The van der Waals surface area contributed by atoms with Crippen molar-refractivity contribution in [3.8, 4) is 0 Å². The Hall–Kier alpha value is -1.45. The van der Waals surface area contributed by atoms with Gasteiger partial charge in [-0.2, -0.15) is 11.3 Å². The number of rotatable bonds is 6. The van der Waals surface area contributed by atoms with Gasteiger partial charge >= 0.3 is 0 Å². The number of benzene rings is 1. The highest BCUT2D eigenvalue weighted by Gasteiger charge is 2.22. The van der Waals surface area contributed by atoms with Gasteiger partial charge in [0.2, 0.25) is 10.0 Å². The molecule has 1 aliphatic rings. The van der Waals surface area contributed by atoms with Crippen molar-refractivity contribution in [2.45, 2.75) is 4.90 Å². The normalized spacial score (nSPS) is 16.0. The van der Waals surface area contributed by atoms with Gasteiger partial charge in [0.1, 0.15) is 0 Å². The summed E-state index contributed by atoms with van der Waals surface area (Å²) in [6.07, 6.45) is 0. The number of sulfonamides is 1. The van der Waals surface area contributed by atoms with Crippen molar-refractivity contribution >= 4 is 38.9 Å². The van der Waals surface area contributed by atoms with E-state index >= 15 is 0 Å². The molecule has 1 aliphatic heterocycles. The maximum absolute atomic E-state index is 12.3. The van der Waals surface area contributed by atoms with Gasteiger partial charge in [-0.1, -0.05) is 17.7 Å². The van der Waals surface area contributed by atoms with Crippen LogP contribution in [0.4, 0.5) is 0 Å². The topological polar surface area (TPSA) is 69.7 Å². The van der Waals surface area contributed by atoms with E-state index in [0.29, 0.717) is 31.2 Å². The minimum absolute atomic E-state index is 0.0626. The lowest BCUT2D eigenvalue weighted by atomic mass is 10.2. The summed E-state index contributed by atoms with van der Waals surface area (Å²) in [7, 11) is -3.56. The summed E-state index contributed by atoms with van der Waals surface area (Å²) in [6, 6.07) is 8.03. The lowest BCUT2D eigenvalue weighted by Crippen LogP contribution is -2.50. The molecule has 0 aliphatic carbocycles. The summed E-state index contributed by atoms with van der Waals surface area (Å²) < 4.78 is 27.1. The highest BCUT2D eigenvalue weighted by molar-refractivity contribution is 7.89. The zero-order valence-corrected chi connectivity index (χ0v) is 16.5. The van der Waals surface area contributed by atoms with Gasteiger partial charge in [-0.25, -0.2) is 13.1 Å². The first-order valence-electron chi connectivity index (χ1n) is 8.25. The maximum atomic E-state index is 12.3. The van der Waals surface area contributed by atoms with Gasteiger partial charge in [0.15, 0.2) is 0 Å². The van der Waals surface area contributed by atoms with Gasteiger partial charge in [-0.15, -0.1) is 0 Å². The molecule has 26 heavy (non-hydrogen) atoms. The third kappa shape index (κ3) is 4.83. The van der Waals surface area contributed by atoms with E-state index in [-0.39, 0.29) is 10.8 Å². The molecule has 1 saturated heterocycles. The molecular formula is C17H20ClN3O3S2. The number of amides is 1. The number of carbonyl (C=O) groups excluding carboxylic acids is 1. The van der Waals surface area contributed by atoms with Crippen molar-refractivity contribution < 1.29 is 13.2 Å². The predicted molar refractivity (Wildman–Crippen MR) is 103 cm³/mol. The number of nitrogens with zero attached hydrogens (tertiary/aromatic N) is 2. The summed E-state index contributed by atoms with van der Waals surface area (Å²) in [5.74, 6) is 0.0626. The lowest BCUT2D eigenvalue weighted by molar-refractivity contribution is 0.0640. The zero-order valence-electron chi connectivity index (χ0n) is 14.1. The van der Waals surface area contributed by atoms with Gasteiger partial charge < -0.3 is 4.90 Å². The molecule has 1 aromatic carbocycles. The quantitative estimate of drug-likeness (QED) is 0.787. The molecule has 0 unspecified atom stereocenters. The van der Waals surface area contributed by atoms with Crippen molar-refractivity contribution in [2.24, 2.45) is 0 Å². The van der Waals surface area contributed by atoms with Gasteiger partial charge in [0, 0.05) is 49.7 Å². The van der Waals surface area contributed by atoms with Crippen LogP contribution < -0.4 is 4.72 Å². The lowest BCUT2D eigenvalue weighted by Gasteiger charge is -2.34. The van der Waals surface area contributed by atoms with Crippen molar-refractivity contribution in [2.75, 3.05) is 39.3 Å². The van der Waals surface area contributed by atoms with Gasteiger partial charge in [0.05, 0.1) is 10.5 Å². The minimum Gasteiger partial charge on any atom is -0.336 e. The summed E-state index contributed by atoms with van der Waals surface area (Å²) in [6.45, 7) is 3.67. The molecule has 1 amide bonds. The van der Waals surface area contributed by atoms with Crippen LogP contribution in [0.15, 0.2) is 46.0 Å². The van der Waals surface area contributed by atoms with Gasteiger partial charge in [-0.05, 0) is 29.6 Å². The summed E-state index contributed by atoms with van der Waals surface area (Å²) in [4.78, 5) is 16.5. The fraction of sp³-hybridized carbons (Fsp3) is 0.353. The zero-order chi connectivity index (χ0) is 18.6. The molecule has 0 radical (unpaired) electrons. The molecule has 140 valence electrons. The molecule has 0 atom stereocenters. The Kier molecular flexibility index (Phi) is 6.31. The average Bonchev–Trinajstić information content (AvgIpc) is 3.16. The average molecular weight is 414 g/mol. The standard InChI is InChI=1S/C17H20ClN3O3S2/c18-15-2-1-3-16(12-15)26(23,24)19-5-6-20-7-9-21(10-8-20)17(22)14-4-11-25-13-14/h1-4,11-13,19H,5-10H2. The van der Waals surface area contributed by atoms with E-state index in [1.807, 2.05) is 21.7 Å². The van der Waals surface area contributed by atoms with Crippen LogP contribution >= 0.6 is 22.9 Å². The second kappa shape index (κ2) is 8.49. The van der Waals surface area contributed by atoms with Gasteiger partial charge in [0.25, 0.3) is 5.91 Å². The molecule has 2 aromatic rings. The highest BCUT2D eigenvalue weighted by atomic mass is 35.5. The second-order valence-corrected chi connectivity index (χ2v) is 8.98. The summed E-state index contributed by atoms with van der Waals surface area (Å²) in [5.41, 5.74) is 0.734. The minimum atomic E-state index is -3.56. The number of nitrogens with one attached hydrogen (secondary N) is 1. The maximum Gasteiger partial charge on any atom is 0.254 e. The van der Waals surface area contributed by atoms with Crippen LogP contribution in [0.25, 0.3) is 0 Å². The first-order valence-corrected chi connectivity index (χ1v) is 11.1. The Morgan fingerprint density at radius 3 is 2.62 bits per heavy atom. The van der Waals surface area contributed by atoms with Crippen LogP contribution in [-0.4, -0.2) is 63.4 Å². The van der Waals surface area contributed by atoms with Crippen molar-refractivity contribution in [3.05, 3.63) is 51.7 Å². The molecule has 2 heterocycles. The smallest absolute Gasteiger partial charge is 0.254 e. The number of thiophene rings is 1.